The number of fused-ring (bicyclic) bond motifs is 1. The Kier molecular flexibility index (Phi) is 4.25. The standard InChI is InChI=1S/C17H19N5OS/c23-14(9-6-12-4-2-1-3-5-12)18-11-10-15-21-22-16(13-7-8-13)19-20-17(22)24-15/h1-5,13H,6-11H2,(H,18,23). The van der Waals surface area contributed by atoms with Crippen LogP contribution in [0.25, 0.3) is 4.96 Å². The third-order valence-corrected chi connectivity index (χ3v) is 5.10. The monoisotopic (exact) mass is 341 g/mol. The molecule has 3 aromatic rings. The number of hydrogen-bond acceptors (Lipinski definition) is 5. The number of aryl methyl sites for hydroxylation is 1. The van der Waals surface area contributed by atoms with Crippen LogP contribution in [0.1, 0.15) is 41.6 Å². The SMILES string of the molecule is O=C(CCc1ccccc1)NCCc1nn2c(C3CC3)nnc2s1. The Balaban J connectivity index is 1.25. The van der Waals surface area contributed by atoms with Gasteiger partial charge in [-0.15, -0.1) is 10.2 Å². The van der Waals surface area contributed by atoms with Gasteiger partial charge in [-0.2, -0.15) is 9.61 Å². The lowest BCUT2D eigenvalue weighted by Crippen LogP contribution is -2.25. The number of carbonyl (C=O) groups is 1. The van der Waals surface area contributed by atoms with E-state index in [1.807, 2.05) is 34.8 Å². The smallest absolute Gasteiger partial charge is 0.234 e. The lowest BCUT2D eigenvalue weighted by atomic mass is 10.1. The van der Waals surface area contributed by atoms with Gasteiger partial charge in [0.25, 0.3) is 0 Å². The summed E-state index contributed by atoms with van der Waals surface area (Å²) in [4.78, 5) is 12.8. The molecule has 1 aliphatic rings. The maximum Gasteiger partial charge on any atom is 0.234 e. The summed E-state index contributed by atoms with van der Waals surface area (Å²) in [5.74, 6) is 1.60. The number of benzene rings is 1. The van der Waals surface area contributed by atoms with Crippen LogP contribution < -0.4 is 5.32 Å². The maximum absolute atomic E-state index is 11.9. The summed E-state index contributed by atoms with van der Waals surface area (Å²) in [6, 6.07) is 10.1. The lowest BCUT2D eigenvalue weighted by molar-refractivity contribution is -0.121. The summed E-state index contributed by atoms with van der Waals surface area (Å²) in [5.41, 5.74) is 1.19. The number of nitrogens with zero attached hydrogens (tertiary/aromatic N) is 4. The Labute approximate surface area is 143 Å². The van der Waals surface area contributed by atoms with E-state index in [-0.39, 0.29) is 5.91 Å². The fraction of sp³-hybridized carbons (Fsp3) is 0.412. The molecular weight excluding hydrogens is 322 g/mol. The number of nitrogens with one attached hydrogen (secondary N) is 1. The molecule has 0 aliphatic heterocycles. The zero-order valence-electron chi connectivity index (χ0n) is 13.3. The van der Waals surface area contributed by atoms with Crippen LogP contribution in [0.2, 0.25) is 0 Å². The molecule has 24 heavy (non-hydrogen) atoms. The Hall–Kier alpha value is -2.28. The molecule has 0 unspecified atom stereocenters. The molecule has 0 radical (unpaired) electrons. The minimum Gasteiger partial charge on any atom is -0.356 e. The first-order valence-corrected chi connectivity index (χ1v) is 9.13. The fourth-order valence-electron chi connectivity index (χ4n) is 2.67. The Morgan fingerprint density at radius 2 is 2.04 bits per heavy atom. The summed E-state index contributed by atoms with van der Waals surface area (Å²) in [5, 5.41) is 16.9. The van der Waals surface area contributed by atoms with Crippen molar-refractivity contribution in [2.45, 2.75) is 38.0 Å². The number of rotatable bonds is 7. The van der Waals surface area contributed by atoms with Crippen molar-refractivity contribution in [1.82, 2.24) is 25.1 Å². The third kappa shape index (κ3) is 3.46. The zero-order valence-corrected chi connectivity index (χ0v) is 14.1. The Morgan fingerprint density at radius 3 is 2.83 bits per heavy atom. The summed E-state index contributed by atoms with van der Waals surface area (Å²) in [6.07, 6.45) is 4.39. The molecule has 2 heterocycles. The minimum absolute atomic E-state index is 0.0838. The molecule has 0 bridgehead atoms. The molecule has 1 amide bonds. The molecule has 1 aromatic carbocycles. The lowest BCUT2D eigenvalue weighted by Gasteiger charge is -2.04. The van der Waals surface area contributed by atoms with E-state index in [2.05, 4.69) is 20.6 Å². The number of amides is 1. The van der Waals surface area contributed by atoms with E-state index in [0.29, 0.717) is 18.9 Å². The largest absolute Gasteiger partial charge is 0.356 e. The molecule has 0 spiro atoms. The van der Waals surface area contributed by atoms with Gasteiger partial charge in [0.15, 0.2) is 5.82 Å². The molecule has 0 atom stereocenters. The summed E-state index contributed by atoms with van der Waals surface area (Å²) < 4.78 is 1.87. The highest BCUT2D eigenvalue weighted by Gasteiger charge is 2.29. The first kappa shape index (κ1) is 15.3. The number of hydrogen-bond donors (Lipinski definition) is 1. The second kappa shape index (κ2) is 6.68. The molecule has 1 aliphatic carbocycles. The van der Waals surface area contributed by atoms with Gasteiger partial charge in [-0.3, -0.25) is 4.79 Å². The van der Waals surface area contributed by atoms with Gasteiger partial charge in [-0.1, -0.05) is 41.7 Å². The Bertz CT molecular complexity index is 837. The summed E-state index contributed by atoms with van der Waals surface area (Å²) in [7, 11) is 0. The Morgan fingerprint density at radius 1 is 1.21 bits per heavy atom. The van der Waals surface area contributed by atoms with Gasteiger partial charge in [-0.05, 0) is 24.8 Å². The molecule has 4 rings (SSSR count). The zero-order chi connectivity index (χ0) is 16.4. The van der Waals surface area contributed by atoms with Crippen molar-refractivity contribution >= 4 is 22.2 Å². The van der Waals surface area contributed by atoms with E-state index in [4.69, 9.17) is 0 Å². The average Bonchev–Trinajstić information content (AvgIpc) is 3.24. The van der Waals surface area contributed by atoms with Gasteiger partial charge in [0.1, 0.15) is 5.01 Å². The van der Waals surface area contributed by atoms with Crippen molar-refractivity contribution in [3.63, 3.8) is 0 Å². The molecule has 124 valence electrons. The summed E-state index contributed by atoms with van der Waals surface area (Å²) >= 11 is 1.55. The van der Waals surface area contributed by atoms with Crippen LogP contribution in [0.4, 0.5) is 0 Å². The molecular formula is C17H19N5OS. The van der Waals surface area contributed by atoms with E-state index in [9.17, 15) is 4.79 Å². The van der Waals surface area contributed by atoms with Crippen molar-refractivity contribution in [2.24, 2.45) is 0 Å². The van der Waals surface area contributed by atoms with Gasteiger partial charge < -0.3 is 5.32 Å². The molecule has 1 N–H and O–H groups in total. The van der Waals surface area contributed by atoms with Gasteiger partial charge in [0, 0.05) is 25.3 Å². The number of aromatic nitrogens is 4. The fourth-order valence-corrected chi connectivity index (χ4v) is 3.51. The predicted octanol–water partition coefficient (Wildman–Crippen LogP) is 2.35. The van der Waals surface area contributed by atoms with Crippen molar-refractivity contribution in [3.05, 3.63) is 46.7 Å². The maximum atomic E-state index is 11.9. The topological polar surface area (TPSA) is 72.2 Å². The van der Waals surface area contributed by atoms with Crippen molar-refractivity contribution < 1.29 is 4.79 Å². The van der Waals surface area contributed by atoms with Crippen molar-refractivity contribution in [2.75, 3.05) is 6.54 Å². The van der Waals surface area contributed by atoms with Crippen molar-refractivity contribution in [1.29, 1.82) is 0 Å². The highest BCUT2D eigenvalue weighted by molar-refractivity contribution is 7.16. The van der Waals surface area contributed by atoms with Crippen LogP contribution >= 0.6 is 11.3 Å². The third-order valence-electron chi connectivity index (χ3n) is 4.14. The first-order valence-electron chi connectivity index (χ1n) is 8.31. The van der Waals surface area contributed by atoms with E-state index >= 15 is 0 Å². The van der Waals surface area contributed by atoms with Crippen molar-refractivity contribution in [3.8, 4) is 0 Å². The van der Waals surface area contributed by atoms with E-state index in [1.165, 1.54) is 18.4 Å². The molecule has 1 saturated carbocycles. The van der Waals surface area contributed by atoms with Gasteiger partial charge in [-0.25, -0.2) is 0 Å². The second-order valence-corrected chi connectivity index (χ2v) is 7.15. The van der Waals surface area contributed by atoms with Gasteiger partial charge in [0.05, 0.1) is 0 Å². The highest BCUT2D eigenvalue weighted by Crippen LogP contribution is 2.39. The predicted molar refractivity (Wildman–Crippen MR) is 92.1 cm³/mol. The molecule has 7 heteroatoms. The second-order valence-electron chi connectivity index (χ2n) is 6.11. The molecule has 0 saturated heterocycles. The van der Waals surface area contributed by atoms with Gasteiger partial charge in [0.2, 0.25) is 10.9 Å². The van der Waals surface area contributed by atoms with Crippen LogP contribution in [0.5, 0.6) is 0 Å². The van der Waals surface area contributed by atoms with Gasteiger partial charge >= 0.3 is 0 Å². The molecule has 6 nitrogen and oxygen atoms in total. The normalized spacial score (nSPS) is 14.2. The van der Waals surface area contributed by atoms with Crippen LogP contribution in [-0.2, 0) is 17.6 Å². The van der Waals surface area contributed by atoms with Crippen LogP contribution in [0, 0.1) is 0 Å². The number of carbonyl (C=O) groups excluding carboxylic acids is 1. The quantitative estimate of drug-likeness (QED) is 0.716. The minimum atomic E-state index is 0.0838. The molecule has 2 aromatic heterocycles. The van der Waals surface area contributed by atoms with E-state index in [0.717, 1.165) is 28.6 Å². The first-order chi connectivity index (χ1) is 11.8. The highest BCUT2D eigenvalue weighted by atomic mass is 32.1. The van der Waals surface area contributed by atoms with E-state index < -0.39 is 0 Å². The van der Waals surface area contributed by atoms with Crippen LogP contribution in [0.15, 0.2) is 30.3 Å². The van der Waals surface area contributed by atoms with E-state index in [1.54, 1.807) is 11.3 Å². The average molecular weight is 341 g/mol. The molecule has 1 fully saturated rings. The van der Waals surface area contributed by atoms with Crippen LogP contribution in [0.3, 0.4) is 0 Å². The van der Waals surface area contributed by atoms with Crippen LogP contribution in [-0.4, -0.2) is 32.3 Å². The summed E-state index contributed by atoms with van der Waals surface area (Å²) in [6.45, 7) is 0.608.